The molecule has 1 saturated heterocycles. The average molecular weight is 338 g/mol. The van der Waals surface area contributed by atoms with Crippen molar-refractivity contribution in [3.05, 3.63) is 35.9 Å². The van der Waals surface area contributed by atoms with Gasteiger partial charge in [-0.15, -0.1) is 0 Å². The summed E-state index contributed by atoms with van der Waals surface area (Å²) in [5.74, 6) is 0. The van der Waals surface area contributed by atoms with Crippen LogP contribution >= 0.6 is 0 Å². The highest BCUT2D eigenvalue weighted by atomic mass is 32.2. The molecular weight excluding hydrogens is 321 g/mol. The Morgan fingerprint density at radius 2 is 1.95 bits per heavy atom. The quantitative estimate of drug-likeness (QED) is 0.908. The fraction of sp³-hybridized carbons (Fsp3) is 0.538. The Balaban J connectivity index is 2.13. The van der Waals surface area contributed by atoms with Gasteiger partial charge in [-0.3, -0.25) is 0 Å². The monoisotopic (exact) mass is 338 g/mol. The van der Waals surface area contributed by atoms with Crippen molar-refractivity contribution in [1.29, 1.82) is 0 Å². The van der Waals surface area contributed by atoms with Gasteiger partial charge in [0.2, 0.25) is 0 Å². The first-order valence-electron chi connectivity index (χ1n) is 6.63. The van der Waals surface area contributed by atoms with Gasteiger partial charge in [0.1, 0.15) is 12.1 Å². The van der Waals surface area contributed by atoms with E-state index in [0.717, 1.165) is 9.87 Å². The highest BCUT2D eigenvalue weighted by Crippen LogP contribution is 2.30. The van der Waals surface area contributed by atoms with E-state index in [1.807, 2.05) is 6.07 Å². The van der Waals surface area contributed by atoms with Crippen molar-refractivity contribution in [3.8, 4) is 0 Å². The molecule has 22 heavy (non-hydrogen) atoms. The molecule has 2 rings (SSSR count). The van der Waals surface area contributed by atoms with E-state index in [1.54, 1.807) is 35.9 Å². The molecule has 1 aromatic rings. The van der Waals surface area contributed by atoms with Gasteiger partial charge in [-0.05, 0) is 12.5 Å². The number of hydrogen-bond acceptors (Lipinski definition) is 3. The number of rotatable bonds is 4. The molecular formula is C13H17F3N2O3S. The second-order valence-corrected chi connectivity index (χ2v) is 6.98. The molecule has 0 aliphatic carbocycles. The minimum atomic E-state index is -4.60. The lowest BCUT2D eigenvalue weighted by Gasteiger charge is -2.40. The van der Waals surface area contributed by atoms with Crippen LogP contribution in [0.1, 0.15) is 12.5 Å². The Morgan fingerprint density at radius 1 is 1.32 bits per heavy atom. The van der Waals surface area contributed by atoms with E-state index in [0.29, 0.717) is 0 Å². The Kier molecular flexibility index (Phi) is 4.81. The van der Waals surface area contributed by atoms with E-state index in [9.17, 15) is 21.6 Å². The maximum absolute atomic E-state index is 12.2. The summed E-state index contributed by atoms with van der Waals surface area (Å²) in [4.78, 5) is 0. The second-order valence-electron chi connectivity index (χ2n) is 5.22. The number of hydrogen-bond donors (Lipinski definition) is 1. The van der Waals surface area contributed by atoms with E-state index >= 15 is 0 Å². The number of nitrogens with zero attached hydrogens (tertiary/aromatic N) is 1. The summed E-state index contributed by atoms with van der Waals surface area (Å²) in [7, 11) is -4.21. The van der Waals surface area contributed by atoms with Crippen molar-refractivity contribution in [2.45, 2.75) is 18.7 Å². The van der Waals surface area contributed by atoms with Crippen LogP contribution in [0.5, 0.6) is 0 Å². The standard InChI is InChI=1S/C13H17F3N2O3S/c1-12(11-5-3-2-4-6-11)10-18(7-8-21-12)22(19,20)17-9-13(14,15)16/h2-6,17H,7-10H2,1H3/t12-/m0/s1. The van der Waals surface area contributed by atoms with Gasteiger partial charge >= 0.3 is 6.18 Å². The molecule has 1 N–H and O–H groups in total. The Labute approximate surface area is 127 Å². The van der Waals surface area contributed by atoms with E-state index in [-0.39, 0.29) is 19.7 Å². The normalized spacial score (nSPS) is 24.4. The molecule has 0 saturated carbocycles. The molecule has 0 aromatic heterocycles. The molecule has 9 heteroatoms. The van der Waals surface area contributed by atoms with E-state index < -0.39 is 28.5 Å². The van der Waals surface area contributed by atoms with Gasteiger partial charge in [0.25, 0.3) is 10.2 Å². The van der Waals surface area contributed by atoms with Gasteiger partial charge in [0, 0.05) is 13.1 Å². The lowest BCUT2D eigenvalue weighted by Crippen LogP contribution is -2.54. The third-order valence-electron chi connectivity index (χ3n) is 3.42. The Morgan fingerprint density at radius 3 is 2.55 bits per heavy atom. The molecule has 5 nitrogen and oxygen atoms in total. The minimum Gasteiger partial charge on any atom is -0.368 e. The number of alkyl halides is 3. The van der Waals surface area contributed by atoms with E-state index in [1.165, 1.54) is 0 Å². The van der Waals surface area contributed by atoms with Crippen LogP contribution in [0.25, 0.3) is 0 Å². The lowest BCUT2D eigenvalue weighted by molar-refractivity contribution is -0.121. The summed E-state index contributed by atoms with van der Waals surface area (Å²) in [6.45, 7) is 0.195. The van der Waals surface area contributed by atoms with Gasteiger partial charge in [-0.1, -0.05) is 30.3 Å². The van der Waals surface area contributed by atoms with Gasteiger partial charge in [0.05, 0.1) is 6.61 Å². The molecule has 0 amide bonds. The highest BCUT2D eigenvalue weighted by Gasteiger charge is 2.39. The maximum Gasteiger partial charge on any atom is 0.402 e. The number of nitrogens with one attached hydrogen (secondary N) is 1. The zero-order valence-corrected chi connectivity index (χ0v) is 12.7. The minimum absolute atomic E-state index is 0.00954. The van der Waals surface area contributed by atoms with E-state index in [2.05, 4.69) is 0 Å². The first kappa shape index (κ1) is 17.2. The molecule has 124 valence electrons. The number of morpholine rings is 1. The molecule has 0 radical (unpaired) electrons. The SMILES string of the molecule is C[C@@]1(c2ccccc2)CN(S(=O)(=O)NCC(F)(F)F)CCO1. The topological polar surface area (TPSA) is 58.6 Å². The molecule has 1 heterocycles. The summed E-state index contributed by atoms with van der Waals surface area (Å²) < 4.78 is 68.8. The summed E-state index contributed by atoms with van der Waals surface area (Å²) in [5, 5.41) is 0. The van der Waals surface area contributed by atoms with Crippen LogP contribution < -0.4 is 4.72 Å². The maximum atomic E-state index is 12.2. The van der Waals surface area contributed by atoms with E-state index in [4.69, 9.17) is 4.74 Å². The second kappa shape index (κ2) is 6.15. The van der Waals surface area contributed by atoms with Crippen LogP contribution in [0, 0.1) is 0 Å². The van der Waals surface area contributed by atoms with Gasteiger partial charge in [0.15, 0.2) is 0 Å². The molecule has 1 aromatic carbocycles. The summed E-state index contributed by atoms with van der Waals surface area (Å²) in [6, 6.07) is 8.98. The molecule has 1 fully saturated rings. The van der Waals surface area contributed by atoms with Crippen molar-refractivity contribution in [2.24, 2.45) is 0 Å². The van der Waals surface area contributed by atoms with Crippen LogP contribution in [-0.4, -0.2) is 45.1 Å². The number of ether oxygens (including phenoxy) is 1. The summed E-state index contributed by atoms with van der Waals surface area (Å²) in [5.41, 5.74) is -0.127. The van der Waals surface area contributed by atoms with Crippen LogP contribution in [0.4, 0.5) is 13.2 Å². The zero-order valence-electron chi connectivity index (χ0n) is 11.9. The van der Waals surface area contributed by atoms with Crippen LogP contribution in [0.15, 0.2) is 30.3 Å². The molecule has 1 aliphatic heterocycles. The average Bonchev–Trinajstić information content (AvgIpc) is 2.46. The number of halogens is 3. The molecule has 0 bridgehead atoms. The fourth-order valence-electron chi connectivity index (χ4n) is 2.27. The van der Waals surface area contributed by atoms with Gasteiger partial charge in [-0.25, -0.2) is 0 Å². The lowest BCUT2D eigenvalue weighted by atomic mass is 9.95. The Bertz CT molecular complexity index is 607. The van der Waals surface area contributed by atoms with Crippen molar-refractivity contribution < 1.29 is 26.3 Å². The van der Waals surface area contributed by atoms with Crippen LogP contribution in [-0.2, 0) is 20.5 Å². The Hall–Kier alpha value is -1.16. The smallest absolute Gasteiger partial charge is 0.368 e. The molecule has 1 aliphatic rings. The van der Waals surface area contributed by atoms with Crippen molar-refractivity contribution in [3.63, 3.8) is 0 Å². The molecule has 0 spiro atoms. The fourth-order valence-corrected chi connectivity index (χ4v) is 3.53. The first-order chi connectivity index (χ1) is 10.1. The summed E-state index contributed by atoms with van der Waals surface area (Å²) >= 11 is 0. The van der Waals surface area contributed by atoms with Crippen molar-refractivity contribution in [2.75, 3.05) is 26.2 Å². The largest absolute Gasteiger partial charge is 0.402 e. The van der Waals surface area contributed by atoms with Gasteiger partial charge < -0.3 is 4.74 Å². The summed E-state index contributed by atoms with van der Waals surface area (Å²) in [6.07, 6.45) is -4.60. The predicted molar refractivity (Wildman–Crippen MR) is 74.3 cm³/mol. The molecule has 0 unspecified atom stereocenters. The van der Waals surface area contributed by atoms with Gasteiger partial charge in [-0.2, -0.15) is 30.6 Å². The number of benzene rings is 1. The van der Waals surface area contributed by atoms with Crippen LogP contribution in [0.3, 0.4) is 0 Å². The third kappa shape index (κ3) is 4.19. The highest BCUT2D eigenvalue weighted by molar-refractivity contribution is 7.87. The predicted octanol–water partition coefficient (Wildman–Crippen LogP) is 1.63. The molecule has 1 atom stereocenters. The first-order valence-corrected chi connectivity index (χ1v) is 8.07. The zero-order chi connectivity index (χ0) is 16.4. The third-order valence-corrected chi connectivity index (χ3v) is 4.92. The van der Waals surface area contributed by atoms with Crippen molar-refractivity contribution >= 4 is 10.2 Å². The van der Waals surface area contributed by atoms with Crippen LogP contribution in [0.2, 0.25) is 0 Å². The van der Waals surface area contributed by atoms with Crippen molar-refractivity contribution in [1.82, 2.24) is 9.03 Å².